The molecule has 172 valence electrons. The lowest BCUT2D eigenvalue weighted by molar-refractivity contribution is -0.124. The van der Waals surface area contributed by atoms with Crippen molar-refractivity contribution >= 4 is 27.5 Å². The van der Waals surface area contributed by atoms with Gasteiger partial charge in [-0.15, -0.1) is 0 Å². The van der Waals surface area contributed by atoms with E-state index in [1.807, 2.05) is 18.2 Å². The van der Waals surface area contributed by atoms with Gasteiger partial charge in [0, 0.05) is 37.7 Å². The molecule has 0 aliphatic carbocycles. The van der Waals surface area contributed by atoms with Crippen LogP contribution in [0.15, 0.2) is 53.4 Å². The lowest BCUT2D eigenvalue weighted by Gasteiger charge is -2.27. The van der Waals surface area contributed by atoms with E-state index in [1.54, 1.807) is 12.1 Å². The predicted octanol–water partition coefficient (Wildman–Crippen LogP) is 2.64. The molecule has 2 aromatic carbocycles. The molecule has 2 heterocycles. The summed E-state index contributed by atoms with van der Waals surface area (Å²) in [4.78, 5) is 15.5. The second kappa shape index (κ2) is 10.3. The molecule has 0 aromatic heterocycles. The lowest BCUT2D eigenvalue weighted by Crippen LogP contribution is -2.45. The van der Waals surface area contributed by atoms with Gasteiger partial charge in [-0.2, -0.15) is 4.31 Å². The fourth-order valence-electron chi connectivity index (χ4n) is 4.22. The summed E-state index contributed by atoms with van der Waals surface area (Å²) in [7, 11) is -3.76. The summed E-state index contributed by atoms with van der Waals surface area (Å²) in [6.07, 6.45) is 1.16. The van der Waals surface area contributed by atoms with Crippen LogP contribution >= 0.6 is 11.6 Å². The fourth-order valence-corrected chi connectivity index (χ4v) is 6.00. The minimum absolute atomic E-state index is 0.150. The predicted molar refractivity (Wildman–Crippen MR) is 123 cm³/mol. The zero-order valence-electron chi connectivity index (χ0n) is 17.9. The summed E-state index contributed by atoms with van der Waals surface area (Å²) in [5, 5.41) is 3.44. The van der Waals surface area contributed by atoms with E-state index < -0.39 is 16.1 Å². The number of sulfonamides is 1. The quantitative estimate of drug-likeness (QED) is 0.663. The highest BCUT2D eigenvalue weighted by atomic mass is 35.5. The Bertz CT molecular complexity index is 1040. The van der Waals surface area contributed by atoms with Crippen molar-refractivity contribution in [2.75, 3.05) is 32.8 Å². The van der Waals surface area contributed by atoms with Crippen LogP contribution in [0.3, 0.4) is 0 Å². The molecule has 0 unspecified atom stereocenters. The van der Waals surface area contributed by atoms with Crippen molar-refractivity contribution in [2.45, 2.75) is 36.9 Å². The van der Waals surface area contributed by atoms with Crippen LogP contribution in [0.5, 0.6) is 0 Å². The molecule has 32 heavy (non-hydrogen) atoms. The van der Waals surface area contributed by atoms with Gasteiger partial charge in [0.25, 0.3) is 0 Å². The molecule has 2 saturated heterocycles. The Balaban J connectivity index is 1.42. The van der Waals surface area contributed by atoms with Crippen LogP contribution in [0.1, 0.15) is 24.0 Å². The van der Waals surface area contributed by atoms with Crippen LogP contribution in [-0.2, 0) is 32.6 Å². The van der Waals surface area contributed by atoms with Gasteiger partial charge >= 0.3 is 0 Å². The average molecular weight is 478 g/mol. The minimum atomic E-state index is -3.76. The van der Waals surface area contributed by atoms with E-state index >= 15 is 0 Å². The van der Waals surface area contributed by atoms with Crippen LogP contribution < -0.4 is 5.32 Å². The van der Waals surface area contributed by atoms with Crippen LogP contribution in [0.2, 0.25) is 5.02 Å². The van der Waals surface area contributed by atoms with Gasteiger partial charge in [-0.3, -0.25) is 9.69 Å². The molecular weight excluding hydrogens is 450 g/mol. The van der Waals surface area contributed by atoms with Crippen LogP contribution in [0, 0.1) is 0 Å². The van der Waals surface area contributed by atoms with E-state index in [0.717, 1.165) is 44.0 Å². The molecule has 1 atom stereocenters. The summed E-state index contributed by atoms with van der Waals surface area (Å²) in [6.45, 7) is 4.74. The zero-order chi connectivity index (χ0) is 22.6. The number of carbonyl (C=O) groups is 1. The molecule has 9 heteroatoms. The molecular formula is C23H28ClN3O4S. The number of nitrogens with zero attached hydrogens (tertiary/aromatic N) is 2. The van der Waals surface area contributed by atoms with Crippen LogP contribution in [0.25, 0.3) is 0 Å². The van der Waals surface area contributed by atoms with Gasteiger partial charge in [-0.05, 0) is 48.2 Å². The molecule has 1 amide bonds. The van der Waals surface area contributed by atoms with Gasteiger partial charge < -0.3 is 10.1 Å². The molecule has 7 nitrogen and oxygen atoms in total. The number of halogens is 1. The van der Waals surface area contributed by atoms with Gasteiger partial charge in [0.15, 0.2) is 0 Å². The van der Waals surface area contributed by atoms with Gasteiger partial charge in [0.05, 0.1) is 18.1 Å². The number of ether oxygens (including phenoxy) is 1. The summed E-state index contributed by atoms with van der Waals surface area (Å²) in [6, 6.07) is 13.4. The number of rotatable bonds is 7. The number of hydrogen-bond acceptors (Lipinski definition) is 5. The molecule has 2 fully saturated rings. The largest absolute Gasteiger partial charge is 0.379 e. The number of hydrogen-bond donors (Lipinski definition) is 1. The molecule has 1 N–H and O–H groups in total. The first kappa shape index (κ1) is 23.2. The van der Waals surface area contributed by atoms with E-state index in [2.05, 4.69) is 16.3 Å². The first-order valence-electron chi connectivity index (χ1n) is 10.9. The number of morpholine rings is 1. The minimum Gasteiger partial charge on any atom is -0.379 e. The lowest BCUT2D eigenvalue weighted by atomic mass is 10.1. The molecule has 2 aliphatic heterocycles. The topological polar surface area (TPSA) is 79.0 Å². The van der Waals surface area contributed by atoms with Crippen molar-refractivity contribution in [2.24, 2.45) is 0 Å². The van der Waals surface area contributed by atoms with Gasteiger partial charge in [-0.1, -0.05) is 35.9 Å². The maximum Gasteiger partial charge on any atom is 0.243 e. The zero-order valence-corrected chi connectivity index (χ0v) is 19.4. The highest BCUT2D eigenvalue weighted by Crippen LogP contribution is 2.27. The van der Waals surface area contributed by atoms with E-state index in [9.17, 15) is 13.2 Å². The number of nitrogens with one attached hydrogen (secondary N) is 1. The highest BCUT2D eigenvalue weighted by molar-refractivity contribution is 7.89. The van der Waals surface area contributed by atoms with Crippen molar-refractivity contribution in [3.63, 3.8) is 0 Å². The summed E-state index contributed by atoms with van der Waals surface area (Å²) in [5.74, 6) is -0.263. The van der Waals surface area contributed by atoms with Crippen LogP contribution in [-0.4, -0.2) is 62.4 Å². The Labute approximate surface area is 194 Å². The first-order chi connectivity index (χ1) is 15.4. The van der Waals surface area contributed by atoms with E-state index in [-0.39, 0.29) is 10.8 Å². The number of benzene rings is 2. The summed E-state index contributed by atoms with van der Waals surface area (Å²) in [5.41, 5.74) is 2.20. The average Bonchev–Trinajstić information content (AvgIpc) is 3.30. The second-order valence-corrected chi connectivity index (χ2v) is 10.4. The molecule has 0 saturated carbocycles. The van der Waals surface area contributed by atoms with Crippen molar-refractivity contribution < 1.29 is 17.9 Å². The third-order valence-electron chi connectivity index (χ3n) is 6.00. The van der Waals surface area contributed by atoms with Crippen molar-refractivity contribution in [1.29, 1.82) is 0 Å². The molecule has 2 aliphatic rings. The Morgan fingerprint density at radius 3 is 2.44 bits per heavy atom. The standard InChI is InChI=1S/C23H28ClN3O4S/c24-20-7-9-21(10-8-20)32(29,30)27-11-3-6-22(27)23(28)25-16-18-4-1-2-5-19(18)17-26-12-14-31-15-13-26/h1-2,4-5,7-10,22H,3,6,11-17H2,(H,25,28)/t22-/m0/s1. The molecule has 0 spiro atoms. The molecule has 4 rings (SSSR count). The molecule has 2 aromatic rings. The van der Waals surface area contributed by atoms with E-state index in [1.165, 1.54) is 16.4 Å². The normalized spacial score (nSPS) is 20.3. The van der Waals surface area contributed by atoms with Crippen molar-refractivity contribution in [1.82, 2.24) is 14.5 Å². The number of amides is 1. The summed E-state index contributed by atoms with van der Waals surface area (Å²) >= 11 is 5.89. The summed E-state index contributed by atoms with van der Waals surface area (Å²) < 4.78 is 32.9. The second-order valence-electron chi connectivity index (χ2n) is 8.10. The fraction of sp³-hybridized carbons (Fsp3) is 0.435. The third-order valence-corrected chi connectivity index (χ3v) is 8.17. The smallest absolute Gasteiger partial charge is 0.243 e. The monoisotopic (exact) mass is 477 g/mol. The molecule has 0 bridgehead atoms. The van der Waals surface area contributed by atoms with Gasteiger partial charge in [-0.25, -0.2) is 8.42 Å². The van der Waals surface area contributed by atoms with Crippen LogP contribution in [0.4, 0.5) is 0 Å². The Hall–Kier alpha value is -1.97. The first-order valence-corrected chi connectivity index (χ1v) is 12.7. The van der Waals surface area contributed by atoms with E-state index in [4.69, 9.17) is 16.3 Å². The van der Waals surface area contributed by atoms with Gasteiger partial charge in [0.2, 0.25) is 15.9 Å². The maximum absolute atomic E-state index is 13.1. The molecule has 0 radical (unpaired) electrons. The third kappa shape index (κ3) is 5.32. The van der Waals surface area contributed by atoms with E-state index in [0.29, 0.717) is 31.0 Å². The van der Waals surface area contributed by atoms with Gasteiger partial charge in [0.1, 0.15) is 6.04 Å². The Morgan fingerprint density at radius 1 is 1.03 bits per heavy atom. The maximum atomic E-state index is 13.1. The number of carbonyl (C=O) groups excluding carboxylic acids is 1. The SMILES string of the molecule is O=C(NCc1ccccc1CN1CCOCC1)[C@@H]1CCCN1S(=O)(=O)c1ccc(Cl)cc1. The van der Waals surface area contributed by atoms with Crippen molar-refractivity contribution in [3.05, 3.63) is 64.7 Å². The highest BCUT2D eigenvalue weighted by Gasteiger charge is 2.39. The Morgan fingerprint density at radius 2 is 1.72 bits per heavy atom. The Kier molecular flexibility index (Phi) is 7.48. The van der Waals surface area contributed by atoms with Crippen molar-refractivity contribution in [3.8, 4) is 0 Å².